The standard InChI is InChI=1S/C12H23N5/c1-15-4-3-11(8-15)9-16(2)5-6-17-10-12(13)7-14-17/h7,10-11H,3-6,8-9,13H2,1-2H3. The van der Waals surface area contributed by atoms with Gasteiger partial charge in [-0.2, -0.15) is 5.10 Å². The van der Waals surface area contributed by atoms with Crippen molar-refractivity contribution in [2.75, 3.05) is 46.0 Å². The van der Waals surface area contributed by atoms with Gasteiger partial charge in [0.1, 0.15) is 0 Å². The number of hydrogen-bond donors (Lipinski definition) is 1. The van der Waals surface area contributed by atoms with E-state index in [1.54, 1.807) is 6.20 Å². The number of nitrogens with two attached hydrogens (primary N) is 1. The molecule has 0 aliphatic carbocycles. The van der Waals surface area contributed by atoms with Crippen molar-refractivity contribution >= 4 is 5.69 Å². The van der Waals surface area contributed by atoms with Crippen LogP contribution in [0.4, 0.5) is 5.69 Å². The van der Waals surface area contributed by atoms with E-state index in [-0.39, 0.29) is 0 Å². The molecule has 0 radical (unpaired) electrons. The molecule has 96 valence electrons. The summed E-state index contributed by atoms with van der Waals surface area (Å²) in [5.74, 6) is 0.827. The molecule has 1 aromatic rings. The lowest BCUT2D eigenvalue weighted by atomic mass is 10.1. The zero-order valence-corrected chi connectivity index (χ0v) is 10.8. The van der Waals surface area contributed by atoms with Gasteiger partial charge in [-0.05, 0) is 33.0 Å². The number of likely N-dealkylation sites (N-methyl/N-ethyl adjacent to an activating group) is 1. The molecular weight excluding hydrogens is 214 g/mol. The second kappa shape index (κ2) is 5.51. The van der Waals surface area contributed by atoms with Gasteiger partial charge in [-0.25, -0.2) is 0 Å². The van der Waals surface area contributed by atoms with E-state index in [1.165, 1.54) is 26.1 Å². The molecule has 1 aliphatic rings. The van der Waals surface area contributed by atoms with Crippen molar-refractivity contribution in [1.82, 2.24) is 19.6 Å². The predicted molar refractivity (Wildman–Crippen MR) is 69.7 cm³/mol. The SMILES string of the molecule is CN1CCC(CN(C)CCn2cc(N)cn2)C1. The first-order chi connectivity index (χ1) is 8.13. The third-order valence-corrected chi connectivity index (χ3v) is 3.42. The monoisotopic (exact) mass is 237 g/mol. The summed E-state index contributed by atoms with van der Waals surface area (Å²) in [5.41, 5.74) is 6.37. The summed E-state index contributed by atoms with van der Waals surface area (Å²) in [4.78, 5) is 4.80. The first-order valence-corrected chi connectivity index (χ1v) is 6.28. The Balaban J connectivity index is 1.68. The lowest BCUT2D eigenvalue weighted by Crippen LogP contribution is -2.30. The van der Waals surface area contributed by atoms with Crippen LogP contribution >= 0.6 is 0 Å². The minimum atomic E-state index is 0.741. The van der Waals surface area contributed by atoms with E-state index >= 15 is 0 Å². The second-order valence-corrected chi connectivity index (χ2v) is 5.22. The Hall–Kier alpha value is -1.07. The topological polar surface area (TPSA) is 50.3 Å². The third kappa shape index (κ3) is 3.71. The highest BCUT2D eigenvalue weighted by molar-refractivity contribution is 5.30. The van der Waals surface area contributed by atoms with Crippen molar-refractivity contribution in [3.05, 3.63) is 12.4 Å². The van der Waals surface area contributed by atoms with E-state index < -0.39 is 0 Å². The van der Waals surface area contributed by atoms with Gasteiger partial charge in [0.15, 0.2) is 0 Å². The minimum Gasteiger partial charge on any atom is -0.396 e. The number of likely N-dealkylation sites (tertiary alicyclic amines) is 1. The molecule has 17 heavy (non-hydrogen) atoms. The van der Waals surface area contributed by atoms with Crippen LogP contribution < -0.4 is 5.73 Å². The number of aromatic nitrogens is 2. The fraction of sp³-hybridized carbons (Fsp3) is 0.750. The van der Waals surface area contributed by atoms with Crippen LogP contribution in [0.15, 0.2) is 12.4 Å². The van der Waals surface area contributed by atoms with Gasteiger partial charge in [-0.3, -0.25) is 4.68 Å². The van der Waals surface area contributed by atoms with Gasteiger partial charge < -0.3 is 15.5 Å². The van der Waals surface area contributed by atoms with E-state index in [0.29, 0.717) is 0 Å². The zero-order valence-electron chi connectivity index (χ0n) is 10.8. The van der Waals surface area contributed by atoms with Crippen molar-refractivity contribution < 1.29 is 0 Å². The Kier molecular flexibility index (Phi) is 4.02. The van der Waals surface area contributed by atoms with E-state index in [2.05, 4.69) is 29.0 Å². The molecule has 1 aliphatic heterocycles. The summed E-state index contributed by atoms with van der Waals surface area (Å²) >= 11 is 0. The van der Waals surface area contributed by atoms with E-state index in [4.69, 9.17) is 5.73 Å². The average Bonchev–Trinajstić information content (AvgIpc) is 2.85. The molecule has 2 rings (SSSR count). The molecule has 5 nitrogen and oxygen atoms in total. The smallest absolute Gasteiger partial charge is 0.0719 e. The summed E-state index contributed by atoms with van der Waals surface area (Å²) < 4.78 is 1.91. The zero-order chi connectivity index (χ0) is 12.3. The quantitative estimate of drug-likeness (QED) is 0.803. The number of nitrogens with zero attached hydrogens (tertiary/aromatic N) is 4. The summed E-state index contributed by atoms with van der Waals surface area (Å²) in [6, 6.07) is 0. The van der Waals surface area contributed by atoms with E-state index in [9.17, 15) is 0 Å². The summed E-state index contributed by atoms with van der Waals surface area (Å²) in [5, 5.41) is 4.19. The first-order valence-electron chi connectivity index (χ1n) is 6.28. The molecule has 0 spiro atoms. The molecule has 1 aromatic heterocycles. The lowest BCUT2D eigenvalue weighted by molar-refractivity contribution is 0.261. The third-order valence-electron chi connectivity index (χ3n) is 3.42. The molecule has 2 N–H and O–H groups in total. The van der Waals surface area contributed by atoms with Crippen LogP contribution in [-0.2, 0) is 6.54 Å². The predicted octanol–water partition coefficient (Wildman–Crippen LogP) is 0.349. The highest BCUT2D eigenvalue weighted by Crippen LogP contribution is 2.14. The average molecular weight is 237 g/mol. The van der Waals surface area contributed by atoms with Crippen molar-refractivity contribution in [1.29, 1.82) is 0 Å². The van der Waals surface area contributed by atoms with Gasteiger partial charge in [0, 0.05) is 25.8 Å². The largest absolute Gasteiger partial charge is 0.396 e. The molecular formula is C12H23N5. The van der Waals surface area contributed by atoms with Crippen molar-refractivity contribution in [2.24, 2.45) is 5.92 Å². The van der Waals surface area contributed by atoms with Crippen LogP contribution in [0.2, 0.25) is 0 Å². The Morgan fingerprint density at radius 3 is 3.00 bits per heavy atom. The van der Waals surface area contributed by atoms with E-state index in [0.717, 1.165) is 24.7 Å². The molecule has 0 amide bonds. The summed E-state index contributed by atoms with van der Waals surface area (Å²) in [6.07, 6.45) is 4.92. The van der Waals surface area contributed by atoms with Gasteiger partial charge in [0.2, 0.25) is 0 Å². The molecule has 0 saturated carbocycles. The van der Waals surface area contributed by atoms with Crippen LogP contribution in [0.3, 0.4) is 0 Å². The minimum absolute atomic E-state index is 0.741. The first kappa shape index (κ1) is 12.4. The van der Waals surface area contributed by atoms with Gasteiger partial charge in [-0.15, -0.1) is 0 Å². The van der Waals surface area contributed by atoms with Crippen molar-refractivity contribution in [2.45, 2.75) is 13.0 Å². The van der Waals surface area contributed by atoms with Crippen molar-refractivity contribution in [3.8, 4) is 0 Å². The van der Waals surface area contributed by atoms with Crippen LogP contribution in [0, 0.1) is 5.92 Å². The maximum Gasteiger partial charge on any atom is 0.0719 e. The maximum atomic E-state index is 5.63. The van der Waals surface area contributed by atoms with Gasteiger partial charge in [0.05, 0.1) is 18.4 Å². The van der Waals surface area contributed by atoms with Gasteiger partial charge >= 0.3 is 0 Å². The molecule has 1 unspecified atom stereocenters. The highest BCUT2D eigenvalue weighted by Gasteiger charge is 2.20. The molecule has 1 fully saturated rings. The Morgan fingerprint density at radius 2 is 2.41 bits per heavy atom. The number of rotatable bonds is 5. The highest BCUT2D eigenvalue weighted by atomic mass is 15.3. The van der Waals surface area contributed by atoms with Crippen LogP contribution in [0.1, 0.15) is 6.42 Å². The van der Waals surface area contributed by atoms with E-state index in [1.807, 2.05) is 10.9 Å². The lowest BCUT2D eigenvalue weighted by Gasteiger charge is -2.20. The number of anilines is 1. The fourth-order valence-corrected chi connectivity index (χ4v) is 2.48. The fourth-order valence-electron chi connectivity index (χ4n) is 2.48. The molecule has 2 heterocycles. The second-order valence-electron chi connectivity index (χ2n) is 5.22. The van der Waals surface area contributed by atoms with Crippen LogP contribution in [0.5, 0.6) is 0 Å². The van der Waals surface area contributed by atoms with Crippen LogP contribution in [0.25, 0.3) is 0 Å². The molecule has 5 heteroatoms. The maximum absolute atomic E-state index is 5.63. The van der Waals surface area contributed by atoms with Gasteiger partial charge in [-0.1, -0.05) is 0 Å². The molecule has 0 bridgehead atoms. The van der Waals surface area contributed by atoms with Gasteiger partial charge in [0.25, 0.3) is 0 Å². The number of nitrogen functional groups attached to an aromatic ring is 1. The Bertz CT molecular complexity index is 348. The number of hydrogen-bond acceptors (Lipinski definition) is 4. The molecule has 1 atom stereocenters. The molecule has 0 aromatic carbocycles. The van der Waals surface area contributed by atoms with Crippen LogP contribution in [-0.4, -0.2) is 59.9 Å². The van der Waals surface area contributed by atoms with Crippen molar-refractivity contribution in [3.63, 3.8) is 0 Å². The Morgan fingerprint density at radius 1 is 1.59 bits per heavy atom. The molecule has 1 saturated heterocycles. The summed E-state index contributed by atoms with van der Waals surface area (Å²) in [7, 11) is 4.39. The summed E-state index contributed by atoms with van der Waals surface area (Å²) in [6.45, 7) is 5.60. The normalized spacial score (nSPS) is 21.5. The Labute approximate surface area is 103 Å².